The molecule has 0 saturated heterocycles. The van der Waals surface area contributed by atoms with Crippen LogP contribution in [0.25, 0.3) is 21.5 Å². The van der Waals surface area contributed by atoms with Crippen LogP contribution in [0.5, 0.6) is 0 Å². The third-order valence-corrected chi connectivity index (χ3v) is 12.6. The van der Waals surface area contributed by atoms with E-state index in [2.05, 4.69) is 29.6 Å². The van der Waals surface area contributed by atoms with Gasteiger partial charge in [-0.1, -0.05) is 72.8 Å². The number of likely N-dealkylation sites (N-methyl/N-ethyl adjacent to an activating group) is 2. The van der Waals surface area contributed by atoms with Crippen molar-refractivity contribution >= 4 is 99.8 Å². The van der Waals surface area contributed by atoms with E-state index in [0.29, 0.717) is 0 Å². The van der Waals surface area contributed by atoms with Gasteiger partial charge in [-0.15, -0.1) is 0 Å². The average Bonchev–Trinajstić information content (AvgIpc) is 3.40. The fourth-order valence-electron chi connectivity index (χ4n) is 7.43. The topological polar surface area (TPSA) is 332 Å². The van der Waals surface area contributed by atoms with E-state index in [1.54, 1.807) is 24.5 Å². The molecule has 0 aliphatic carbocycles. The third-order valence-electron chi connectivity index (χ3n) is 11.6. The maximum atomic E-state index is 13.9. The number of carbonyl (C=O) groups excluding carboxylic acids is 4. The molecule has 0 unspecified atom stereocenters. The second kappa shape index (κ2) is 43.4. The average molecular weight is 1290 g/mol. The minimum Gasteiger partial charge on any atom is -0.870 e. The fourth-order valence-corrected chi connectivity index (χ4v) is 8.15. The third kappa shape index (κ3) is 30.6. The molecule has 0 fully saturated rings. The van der Waals surface area contributed by atoms with Crippen molar-refractivity contribution in [3.63, 3.8) is 0 Å². The largest absolute Gasteiger partial charge is 1.00 e. The van der Waals surface area contributed by atoms with Crippen LogP contribution >= 0.6 is 42.6 Å². The van der Waals surface area contributed by atoms with Crippen LogP contribution in [0.3, 0.4) is 0 Å². The number of phosphoric ester groups is 2. The van der Waals surface area contributed by atoms with Crippen molar-refractivity contribution in [2.45, 2.75) is 63.5 Å². The van der Waals surface area contributed by atoms with Gasteiger partial charge in [0.15, 0.2) is 23.3 Å². The summed E-state index contributed by atoms with van der Waals surface area (Å²) in [5.41, 5.74) is 0.0914. The molecular weight excluding hydrogens is 1220 g/mol. The van der Waals surface area contributed by atoms with Crippen molar-refractivity contribution in [2.75, 3.05) is 58.3 Å². The molecule has 22 nitrogen and oxygen atoms in total. The van der Waals surface area contributed by atoms with Crippen LogP contribution in [0.4, 0.5) is 38.8 Å². The summed E-state index contributed by atoms with van der Waals surface area (Å²) in [5.74, 6) is -4.42. The van der Waals surface area contributed by atoms with E-state index in [-0.39, 0.29) is 215 Å². The minimum absolute atomic E-state index is 0. The van der Waals surface area contributed by atoms with E-state index < -0.39 is 81.6 Å². The molecule has 0 radical (unpaired) electrons. The quantitative estimate of drug-likeness (QED) is 0.0194. The number of aryl methyl sites for hydroxylation is 2. The predicted octanol–water partition coefficient (Wildman–Crippen LogP) is -1.77. The van der Waals surface area contributed by atoms with Gasteiger partial charge in [0.1, 0.15) is 24.8 Å². The molecule has 0 aliphatic heterocycles. The Kier molecular flexibility index (Phi) is 43.9. The summed E-state index contributed by atoms with van der Waals surface area (Å²) in [5, 5.41) is 15.5. The number of fused-ring (bicyclic) bond motifs is 2. The molecule has 2 heterocycles. The van der Waals surface area contributed by atoms with Crippen LogP contribution in [0, 0.1) is 23.3 Å². The van der Waals surface area contributed by atoms with Gasteiger partial charge in [-0.05, 0) is 84.7 Å². The number of nitrogens with zero attached hydrogens (tertiary/aromatic N) is 4. The Morgan fingerprint density at radius 2 is 0.952 bits per heavy atom. The number of nitrogens with one attached hydrogen (secondary N) is 2. The number of amides is 4. The molecule has 0 saturated carbocycles. The number of anilines is 2. The first kappa shape index (κ1) is 84.9. The second-order valence-corrected chi connectivity index (χ2v) is 19.3. The Balaban J connectivity index is -0.00000142. The second-order valence-electron chi connectivity index (χ2n) is 16.9. The number of aliphatic hydroxyl groups excluding tert-OH is 1. The first-order valence-electron chi connectivity index (χ1n) is 23.8. The molecule has 6 N–H and O–H groups in total. The molecule has 2 aromatic heterocycles. The van der Waals surface area contributed by atoms with Crippen molar-refractivity contribution in [2.24, 2.45) is 0 Å². The van der Waals surface area contributed by atoms with Gasteiger partial charge < -0.3 is 58.5 Å². The normalized spacial score (nSPS) is 11.1. The number of hydrogen-bond donors (Lipinski definition) is 5. The van der Waals surface area contributed by atoms with Crippen LogP contribution in [-0.2, 0) is 50.1 Å². The van der Waals surface area contributed by atoms with Gasteiger partial charge in [-0.25, -0.2) is 41.7 Å². The Bertz CT molecular complexity index is 2880. The summed E-state index contributed by atoms with van der Waals surface area (Å²) in [7, 11) is -5.92. The number of phosphoric acid groups is 2. The Hall–Kier alpha value is -3.26. The van der Waals surface area contributed by atoms with Crippen molar-refractivity contribution < 1.29 is 183 Å². The molecule has 4 aromatic carbocycles. The number of aliphatic hydroxyl groups is 1. The summed E-state index contributed by atoms with van der Waals surface area (Å²) in [4.78, 5) is 100. The van der Waals surface area contributed by atoms with Gasteiger partial charge in [0.2, 0.25) is 11.8 Å². The number of pyridine rings is 2. The van der Waals surface area contributed by atoms with Crippen molar-refractivity contribution in [1.82, 2.24) is 19.8 Å². The van der Waals surface area contributed by atoms with E-state index in [4.69, 9.17) is 24.4 Å². The Morgan fingerprint density at radius 3 is 1.31 bits per heavy atom. The molecule has 0 aliphatic rings. The molecule has 446 valence electrons. The Labute approximate surface area is 563 Å². The van der Waals surface area contributed by atoms with Crippen LogP contribution in [0.15, 0.2) is 109 Å². The summed E-state index contributed by atoms with van der Waals surface area (Å²) >= 11 is 0. The first-order chi connectivity index (χ1) is 37.1. The number of aromatic nitrogens is 2. The van der Waals surface area contributed by atoms with Crippen molar-refractivity contribution in [1.29, 1.82) is 0 Å². The van der Waals surface area contributed by atoms with Crippen LogP contribution < -0.4 is 109 Å². The Morgan fingerprint density at radius 1 is 0.595 bits per heavy atom. The van der Waals surface area contributed by atoms with Gasteiger partial charge >= 0.3 is 109 Å². The summed E-state index contributed by atoms with van der Waals surface area (Å²) < 4.78 is 95.7. The first-order valence-corrected chi connectivity index (χ1v) is 26.8. The molecular formula is C51H63F4N6Na3O16P2S2. The van der Waals surface area contributed by atoms with E-state index >= 15 is 0 Å². The monoisotopic (exact) mass is 1290 g/mol. The van der Waals surface area contributed by atoms with E-state index in [1.807, 2.05) is 48.5 Å². The molecule has 4 amide bonds. The minimum atomic E-state index is -5.16. The number of halogens is 4. The van der Waals surface area contributed by atoms with Gasteiger partial charge in [0.25, 0.3) is 0 Å². The van der Waals surface area contributed by atoms with Gasteiger partial charge in [-0.2, -0.15) is 27.0 Å². The summed E-state index contributed by atoms with van der Waals surface area (Å²) in [6, 6.07) is 24.2. The molecule has 6 rings (SSSR count). The smallest absolute Gasteiger partial charge is 0.870 e. The van der Waals surface area contributed by atoms with Gasteiger partial charge in [-0.3, -0.25) is 24.7 Å². The maximum Gasteiger partial charge on any atom is 1.00 e. The fraction of sp³-hybridized carbons (Fsp3) is 0.333. The molecule has 6 aromatic rings. The maximum absolute atomic E-state index is 13.9. The van der Waals surface area contributed by atoms with Crippen molar-refractivity contribution in [3.8, 4) is 0 Å². The number of benzene rings is 4. The van der Waals surface area contributed by atoms with Gasteiger partial charge in [0, 0.05) is 57.2 Å². The van der Waals surface area contributed by atoms with Crippen LogP contribution in [0.2, 0.25) is 0 Å². The van der Waals surface area contributed by atoms with Crippen molar-refractivity contribution in [3.05, 3.63) is 144 Å². The number of hydrogen-bond acceptors (Lipinski definition) is 16. The molecule has 0 spiro atoms. The molecule has 2 atom stereocenters. The number of carbonyl (C=O) groups is 4. The SMILES string of the molecule is CN(C(=O)CCc1cccc(F)c1F)[C@@H](CCCOP(=O)(O)O)COC(=O)Nc1cc2ccccc2cn1.CN(C(=O)CCc1cccc(F)c1F)[C@@H](CCCOP(=O)([O-])[O-])COC(=O)Nc1cc2ccccc2cn1.CO.S.S.[Na+].[Na+].[Na+].[OH-]. The zero-order valence-corrected chi connectivity index (χ0v) is 56.7. The van der Waals surface area contributed by atoms with E-state index in [1.165, 1.54) is 48.2 Å². The molecule has 84 heavy (non-hydrogen) atoms. The standard InChI is InChI=1S/2C25H28F2N3O7P.CH4O.3Na.H2O.2H2S/c2*1-30(23(31)12-11-17-8-4-10-21(26)24(17)27)20(9-5-13-37-38(33,34)35)16-36-25(32)29-22-14-18-6-2-3-7-19(18)15-28-22;1-2;;;;;;/h2*2-4,6-8,10,14-15,20H,5,9,11-13,16H2,1H3,(H,28,29,32)(H2,33,34,35);2H,1H3;;;;3*1H2/q;;;3*+1;;;/p-3/t2*20-;;;;;;;/m00......./s1. The van der Waals surface area contributed by atoms with E-state index in [0.717, 1.165) is 40.8 Å². The zero-order chi connectivity index (χ0) is 57.4. The molecule has 0 bridgehead atoms. The number of ether oxygens (including phenoxy) is 2. The molecule has 33 heteroatoms. The number of rotatable bonds is 24. The summed E-state index contributed by atoms with van der Waals surface area (Å²) in [6.07, 6.45) is 1.64. The van der Waals surface area contributed by atoms with Gasteiger partial charge in [0.05, 0.1) is 33.1 Å². The van der Waals surface area contributed by atoms with Crippen LogP contribution in [-0.4, -0.2) is 124 Å². The summed E-state index contributed by atoms with van der Waals surface area (Å²) in [6.45, 7) is -1.22. The van der Waals surface area contributed by atoms with E-state index in [9.17, 15) is 55.7 Å². The zero-order valence-electron chi connectivity index (χ0n) is 46.9. The van der Waals surface area contributed by atoms with Crippen LogP contribution in [0.1, 0.15) is 49.7 Å². The predicted molar refractivity (Wildman–Crippen MR) is 297 cm³/mol.